The van der Waals surface area contributed by atoms with Crippen LogP contribution in [-0.4, -0.2) is 10.2 Å². The zero-order chi connectivity index (χ0) is 11.7. The van der Waals surface area contributed by atoms with Crippen molar-refractivity contribution in [1.82, 2.24) is 10.2 Å². The first-order valence-corrected chi connectivity index (χ1v) is 4.93. The van der Waals surface area contributed by atoms with Crippen molar-refractivity contribution in [3.63, 3.8) is 0 Å². The van der Waals surface area contributed by atoms with Gasteiger partial charge in [0.05, 0.1) is 11.6 Å². The van der Waals surface area contributed by atoms with Crippen molar-refractivity contribution < 1.29 is 8.81 Å². The molecular weight excluding hydrogens is 209 g/mol. The summed E-state index contributed by atoms with van der Waals surface area (Å²) in [6.07, 6.45) is 0. The van der Waals surface area contributed by atoms with Crippen molar-refractivity contribution in [1.29, 1.82) is 0 Å². The van der Waals surface area contributed by atoms with Crippen molar-refractivity contribution in [3.8, 4) is 11.5 Å². The van der Waals surface area contributed by atoms with Crippen molar-refractivity contribution >= 4 is 0 Å². The third kappa shape index (κ3) is 1.94. The van der Waals surface area contributed by atoms with Gasteiger partial charge in [-0.1, -0.05) is 11.6 Å². The zero-order valence-electron chi connectivity index (χ0n) is 9.07. The Morgan fingerprint density at radius 3 is 2.75 bits per heavy atom. The second-order valence-electron chi connectivity index (χ2n) is 3.72. The monoisotopic (exact) mass is 221 g/mol. The molecule has 2 rings (SSSR count). The second kappa shape index (κ2) is 4.02. The third-order valence-electron chi connectivity index (χ3n) is 2.18. The number of hydrogen-bond donors (Lipinski definition) is 1. The molecule has 1 heterocycles. The lowest BCUT2D eigenvalue weighted by molar-refractivity contribution is 0.470. The summed E-state index contributed by atoms with van der Waals surface area (Å²) in [6.45, 7) is 3.59. The predicted molar refractivity (Wildman–Crippen MR) is 57.0 cm³/mol. The average Bonchev–Trinajstić information content (AvgIpc) is 2.70. The quantitative estimate of drug-likeness (QED) is 0.844. The van der Waals surface area contributed by atoms with E-state index < -0.39 is 0 Å². The molecule has 4 nitrogen and oxygen atoms in total. The van der Waals surface area contributed by atoms with E-state index in [0.29, 0.717) is 11.5 Å². The minimum absolute atomic E-state index is 0.161. The first-order valence-electron chi connectivity index (χ1n) is 4.93. The van der Waals surface area contributed by atoms with Gasteiger partial charge in [-0.05, 0) is 26.0 Å². The molecule has 0 amide bonds. The molecule has 5 heteroatoms. The van der Waals surface area contributed by atoms with Crippen LogP contribution in [0.4, 0.5) is 4.39 Å². The van der Waals surface area contributed by atoms with Gasteiger partial charge in [-0.2, -0.15) is 0 Å². The highest BCUT2D eigenvalue weighted by Crippen LogP contribution is 2.23. The van der Waals surface area contributed by atoms with E-state index in [9.17, 15) is 4.39 Å². The van der Waals surface area contributed by atoms with Crippen LogP contribution in [0.25, 0.3) is 11.5 Å². The van der Waals surface area contributed by atoms with Gasteiger partial charge < -0.3 is 10.2 Å². The van der Waals surface area contributed by atoms with Crippen LogP contribution in [0.15, 0.2) is 22.6 Å². The predicted octanol–water partition coefficient (Wildman–Crippen LogP) is 2.20. The van der Waals surface area contributed by atoms with Crippen LogP contribution in [0, 0.1) is 12.7 Å². The molecule has 2 aromatic rings. The van der Waals surface area contributed by atoms with Crippen molar-refractivity contribution in [3.05, 3.63) is 35.5 Å². The Morgan fingerprint density at radius 2 is 2.12 bits per heavy atom. The van der Waals surface area contributed by atoms with Gasteiger partial charge in [0.1, 0.15) is 5.82 Å². The van der Waals surface area contributed by atoms with Gasteiger partial charge in [0.15, 0.2) is 0 Å². The van der Waals surface area contributed by atoms with E-state index in [2.05, 4.69) is 10.2 Å². The Balaban J connectivity index is 2.46. The number of nitrogens with two attached hydrogens (primary N) is 1. The summed E-state index contributed by atoms with van der Waals surface area (Å²) in [6, 6.07) is 4.37. The fourth-order valence-electron chi connectivity index (χ4n) is 1.33. The molecule has 84 valence electrons. The van der Waals surface area contributed by atoms with Crippen LogP contribution >= 0.6 is 0 Å². The van der Waals surface area contributed by atoms with E-state index in [1.165, 1.54) is 6.07 Å². The topological polar surface area (TPSA) is 64.9 Å². The van der Waals surface area contributed by atoms with E-state index >= 15 is 0 Å². The molecule has 0 saturated carbocycles. The van der Waals surface area contributed by atoms with Gasteiger partial charge in [0.2, 0.25) is 5.89 Å². The number of halogens is 1. The molecule has 2 N–H and O–H groups in total. The van der Waals surface area contributed by atoms with Gasteiger partial charge in [-0.3, -0.25) is 0 Å². The Kier molecular flexibility index (Phi) is 2.70. The molecule has 0 bridgehead atoms. The van der Waals surface area contributed by atoms with E-state index in [0.717, 1.165) is 5.56 Å². The van der Waals surface area contributed by atoms with Crippen molar-refractivity contribution in [2.24, 2.45) is 5.73 Å². The van der Waals surface area contributed by atoms with Crippen LogP contribution in [0.1, 0.15) is 24.4 Å². The van der Waals surface area contributed by atoms with Crippen LogP contribution in [0.3, 0.4) is 0 Å². The molecule has 0 aliphatic carbocycles. The van der Waals surface area contributed by atoms with Crippen LogP contribution in [0.2, 0.25) is 0 Å². The Labute approximate surface area is 92.3 Å². The van der Waals surface area contributed by atoms with Crippen molar-refractivity contribution in [2.45, 2.75) is 19.9 Å². The maximum atomic E-state index is 13.5. The van der Waals surface area contributed by atoms with E-state index in [-0.39, 0.29) is 17.7 Å². The molecule has 0 fully saturated rings. The smallest absolute Gasteiger partial charge is 0.250 e. The summed E-state index contributed by atoms with van der Waals surface area (Å²) in [5.74, 6) is 0.0786. The highest BCUT2D eigenvalue weighted by atomic mass is 19.1. The van der Waals surface area contributed by atoms with Gasteiger partial charge in [0.25, 0.3) is 5.89 Å². The molecule has 1 unspecified atom stereocenters. The van der Waals surface area contributed by atoms with Crippen LogP contribution < -0.4 is 5.73 Å². The Hall–Kier alpha value is -1.75. The Bertz CT molecular complexity index is 508. The van der Waals surface area contributed by atoms with E-state index in [4.69, 9.17) is 10.2 Å². The standard InChI is InChI=1S/C11H12FN3O/c1-6-3-4-9(12)8(5-6)11-15-14-10(16-11)7(2)13/h3-5,7H,13H2,1-2H3. The summed E-state index contributed by atoms with van der Waals surface area (Å²) >= 11 is 0. The molecule has 1 atom stereocenters. The molecule has 0 radical (unpaired) electrons. The number of aryl methyl sites for hydroxylation is 1. The zero-order valence-corrected chi connectivity index (χ0v) is 9.07. The molecule has 1 aromatic heterocycles. The lowest BCUT2D eigenvalue weighted by Crippen LogP contribution is -2.04. The van der Waals surface area contributed by atoms with E-state index in [1.54, 1.807) is 19.1 Å². The summed E-state index contributed by atoms with van der Waals surface area (Å²) < 4.78 is 18.8. The lowest BCUT2D eigenvalue weighted by Gasteiger charge is -1.99. The molecular formula is C11H12FN3O. The minimum atomic E-state index is -0.384. The normalized spacial score (nSPS) is 12.8. The maximum Gasteiger partial charge on any atom is 0.250 e. The van der Waals surface area contributed by atoms with Crippen LogP contribution in [-0.2, 0) is 0 Å². The van der Waals surface area contributed by atoms with Gasteiger partial charge in [0, 0.05) is 0 Å². The second-order valence-corrected chi connectivity index (χ2v) is 3.72. The third-order valence-corrected chi connectivity index (χ3v) is 2.18. The van der Waals surface area contributed by atoms with E-state index in [1.807, 2.05) is 6.92 Å². The number of benzene rings is 1. The summed E-state index contributed by atoms with van der Waals surface area (Å²) in [7, 11) is 0. The summed E-state index contributed by atoms with van der Waals surface area (Å²) in [4.78, 5) is 0. The molecule has 0 saturated heterocycles. The highest BCUT2D eigenvalue weighted by molar-refractivity contribution is 5.54. The number of nitrogens with zero attached hydrogens (tertiary/aromatic N) is 2. The first kappa shape index (κ1) is 10.8. The first-order chi connectivity index (χ1) is 7.58. The van der Waals surface area contributed by atoms with Gasteiger partial charge >= 0.3 is 0 Å². The van der Waals surface area contributed by atoms with Crippen molar-refractivity contribution in [2.75, 3.05) is 0 Å². The average molecular weight is 221 g/mol. The molecule has 16 heavy (non-hydrogen) atoms. The minimum Gasteiger partial charge on any atom is -0.419 e. The molecule has 0 aliphatic rings. The van der Waals surface area contributed by atoms with Gasteiger partial charge in [-0.25, -0.2) is 4.39 Å². The lowest BCUT2D eigenvalue weighted by atomic mass is 10.1. The summed E-state index contributed by atoms with van der Waals surface area (Å²) in [5, 5.41) is 7.53. The number of hydrogen-bond acceptors (Lipinski definition) is 4. The number of rotatable bonds is 2. The van der Waals surface area contributed by atoms with Gasteiger partial charge in [-0.15, -0.1) is 10.2 Å². The fraction of sp³-hybridized carbons (Fsp3) is 0.273. The molecule has 1 aromatic carbocycles. The number of aromatic nitrogens is 2. The Morgan fingerprint density at radius 1 is 1.38 bits per heavy atom. The fourth-order valence-corrected chi connectivity index (χ4v) is 1.33. The largest absolute Gasteiger partial charge is 0.419 e. The molecule has 0 aliphatic heterocycles. The maximum absolute atomic E-state index is 13.5. The van der Waals surface area contributed by atoms with Crippen LogP contribution in [0.5, 0.6) is 0 Å². The highest BCUT2D eigenvalue weighted by Gasteiger charge is 2.14. The molecule has 0 spiro atoms. The SMILES string of the molecule is Cc1ccc(F)c(-c2nnc(C(C)N)o2)c1. The summed E-state index contributed by atoms with van der Waals surface area (Å²) in [5.41, 5.74) is 6.82.